The molecule has 0 bridgehead atoms. The molecule has 1 fully saturated rings. The Hall–Kier alpha value is -2.73. The van der Waals surface area contributed by atoms with Gasteiger partial charge in [-0.1, -0.05) is 24.0 Å². The van der Waals surface area contributed by atoms with Crippen molar-refractivity contribution in [3.8, 4) is 22.6 Å². The molecule has 182 valence electrons. The predicted octanol–water partition coefficient (Wildman–Crippen LogP) is 6.68. The van der Waals surface area contributed by atoms with Crippen molar-refractivity contribution in [3.63, 3.8) is 0 Å². The molecule has 0 aromatic heterocycles. The van der Waals surface area contributed by atoms with E-state index in [0.717, 1.165) is 11.8 Å². The van der Waals surface area contributed by atoms with Gasteiger partial charge < -0.3 is 14.8 Å². The van der Waals surface area contributed by atoms with E-state index < -0.39 is 35.5 Å². The zero-order chi connectivity index (χ0) is 25.4. The minimum absolute atomic E-state index is 0.0360. The Labute approximate surface area is 200 Å². The van der Waals surface area contributed by atoms with Crippen LogP contribution in [0.5, 0.6) is 11.5 Å². The van der Waals surface area contributed by atoms with Crippen LogP contribution in [-0.4, -0.2) is 23.4 Å². The zero-order valence-electron chi connectivity index (χ0n) is 17.9. The molecule has 0 spiro atoms. The highest BCUT2D eigenvalue weighted by Gasteiger charge is 2.37. The summed E-state index contributed by atoms with van der Waals surface area (Å²) in [5.41, 5.74) is -3.09. The van der Waals surface area contributed by atoms with Crippen LogP contribution in [0.15, 0.2) is 35.2 Å². The summed E-state index contributed by atoms with van der Waals surface area (Å²) >= 11 is 5.91. The molecule has 1 saturated heterocycles. The number of amides is 1. The summed E-state index contributed by atoms with van der Waals surface area (Å²) in [6.45, 7) is 3.29. The quantitative estimate of drug-likeness (QED) is 0.270. The van der Waals surface area contributed by atoms with Gasteiger partial charge in [0.25, 0.3) is 5.91 Å². The summed E-state index contributed by atoms with van der Waals surface area (Å²) in [7, 11) is 1.28. The van der Waals surface area contributed by atoms with E-state index >= 15 is 0 Å². The summed E-state index contributed by atoms with van der Waals surface area (Å²) in [5, 5.41) is 2.43. The highest BCUT2D eigenvalue weighted by atomic mass is 32.2. The number of methoxy groups -OCH3 is 1. The fourth-order valence-corrected chi connectivity index (χ4v) is 4.16. The third kappa shape index (κ3) is 5.84. The molecule has 3 rings (SSSR count). The lowest BCUT2D eigenvalue weighted by Gasteiger charge is -2.20. The van der Waals surface area contributed by atoms with Gasteiger partial charge in [0.05, 0.1) is 29.2 Å². The Morgan fingerprint density at radius 2 is 1.59 bits per heavy atom. The van der Waals surface area contributed by atoms with Crippen LogP contribution in [0.4, 0.5) is 26.3 Å². The Morgan fingerprint density at radius 1 is 1.00 bits per heavy atom. The van der Waals surface area contributed by atoms with Crippen molar-refractivity contribution < 1.29 is 40.6 Å². The van der Waals surface area contributed by atoms with Crippen molar-refractivity contribution in [2.24, 2.45) is 0 Å². The van der Waals surface area contributed by atoms with E-state index in [1.54, 1.807) is 13.8 Å². The first kappa shape index (κ1) is 25.9. The zero-order valence-corrected chi connectivity index (χ0v) is 19.5. The third-order valence-electron chi connectivity index (χ3n) is 4.49. The number of halogens is 6. The summed E-state index contributed by atoms with van der Waals surface area (Å²) in [4.78, 5) is 12.2. The Morgan fingerprint density at radius 3 is 2.03 bits per heavy atom. The molecule has 0 radical (unpaired) electrons. The van der Waals surface area contributed by atoms with Gasteiger partial charge in [0.2, 0.25) is 0 Å². The number of thioether (sulfide) groups is 1. The molecule has 2 aromatic rings. The number of ether oxygens (including phenoxy) is 2. The van der Waals surface area contributed by atoms with Crippen LogP contribution in [0, 0.1) is 0 Å². The maximum Gasteiger partial charge on any atom is 0.416 e. The number of nitrogens with one attached hydrogen (secondary N) is 1. The molecule has 1 aliphatic rings. The smallest absolute Gasteiger partial charge is 0.416 e. The SMILES string of the molecule is COc1cc(C=C2SC(=S)NC2=O)cc(-c2cc(C(F)(F)F)cc(C(F)(F)F)c2)c1OC(C)C. The second-order valence-corrected chi connectivity index (χ2v) is 9.13. The highest BCUT2D eigenvalue weighted by molar-refractivity contribution is 8.26. The van der Waals surface area contributed by atoms with E-state index in [4.69, 9.17) is 21.7 Å². The lowest BCUT2D eigenvalue weighted by atomic mass is 9.96. The largest absolute Gasteiger partial charge is 0.493 e. The van der Waals surface area contributed by atoms with Crippen LogP contribution in [0.1, 0.15) is 30.5 Å². The molecule has 2 aromatic carbocycles. The molecule has 1 amide bonds. The fourth-order valence-electron chi connectivity index (χ4n) is 3.11. The molecule has 1 N–H and O–H groups in total. The standard InChI is InChI=1S/C22H17F6NO3S2/c1-10(2)32-18-15(12-7-13(21(23,24)25)9-14(8-12)22(26,27)28)4-11(5-16(18)31-3)6-17-19(30)29-20(33)34-17/h4-10H,1-3H3,(H,29,30,33). The molecule has 0 atom stereocenters. The molecule has 0 unspecified atom stereocenters. The average Bonchev–Trinajstić information content (AvgIpc) is 3.03. The van der Waals surface area contributed by atoms with Crippen LogP contribution in [0.3, 0.4) is 0 Å². The second-order valence-electron chi connectivity index (χ2n) is 7.41. The number of benzene rings is 2. The third-order valence-corrected chi connectivity index (χ3v) is 5.65. The summed E-state index contributed by atoms with van der Waals surface area (Å²) in [6, 6.07) is 4.07. The molecule has 1 aliphatic heterocycles. The molecule has 1 heterocycles. The first-order chi connectivity index (χ1) is 15.7. The monoisotopic (exact) mass is 521 g/mol. The minimum atomic E-state index is -5.02. The first-order valence-electron chi connectivity index (χ1n) is 9.62. The number of alkyl halides is 6. The second kappa shape index (κ2) is 9.49. The van der Waals surface area contributed by atoms with E-state index in [1.807, 2.05) is 0 Å². The van der Waals surface area contributed by atoms with Gasteiger partial charge in [-0.15, -0.1) is 0 Å². The highest BCUT2D eigenvalue weighted by Crippen LogP contribution is 2.45. The van der Waals surface area contributed by atoms with Crippen molar-refractivity contribution in [2.75, 3.05) is 7.11 Å². The number of rotatable bonds is 5. The molecular weight excluding hydrogens is 504 g/mol. The van der Waals surface area contributed by atoms with E-state index in [2.05, 4.69) is 5.32 Å². The lowest BCUT2D eigenvalue weighted by Crippen LogP contribution is -2.17. The van der Waals surface area contributed by atoms with Crippen molar-refractivity contribution in [1.82, 2.24) is 5.32 Å². The van der Waals surface area contributed by atoms with Gasteiger partial charge in [0, 0.05) is 5.56 Å². The topological polar surface area (TPSA) is 47.6 Å². The van der Waals surface area contributed by atoms with Crippen LogP contribution < -0.4 is 14.8 Å². The van der Waals surface area contributed by atoms with E-state index in [9.17, 15) is 31.1 Å². The number of hydrogen-bond acceptors (Lipinski definition) is 5. The maximum atomic E-state index is 13.4. The summed E-state index contributed by atoms with van der Waals surface area (Å²) in [5.74, 6) is -0.447. The summed E-state index contributed by atoms with van der Waals surface area (Å²) < 4.78 is 91.9. The van der Waals surface area contributed by atoms with Crippen LogP contribution in [0.2, 0.25) is 0 Å². The Balaban J connectivity index is 2.31. The first-order valence-corrected chi connectivity index (χ1v) is 10.8. The number of carbonyl (C=O) groups is 1. The van der Waals surface area contributed by atoms with Gasteiger partial charge in [-0.25, -0.2) is 0 Å². The molecule has 12 heteroatoms. The molecule has 34 heavy (non-hydrogen) atoms. The van der Waals surface area contributed by atoms with E-state index in [-0.39, 0.29) is 43.5 Å². The van der Waals surface area contributed by atoms with Crippen molar-refractivity contribution in [1.29, 1.82) is 0 Å². The Kier molecular flexibility index (Phi) is 7.23. The lowest BCUT2D eigenvalue weighted by molar-refractivity contribution is -0.143. The number of carbonyl (C=O) groups excluding carboxylic acids is 1. The number of hydrogen-bond donors (Lipinski definition) is 1. The minimum Gasteiger partial charge on any atom is -0.493 e. The molecular formula is C22H17F6NO3S2. The van der Waals surface area contributed by atoms with Gasteiger partial charge in [-0.05, 0) is 61.4 Å². The summed E-state index contributed by atoms with van der Waals surface area (Å²) in [6.07, 6.45) is -9.11. The van der Waals surface area contributed by atoms with Gasteiger partial charge >= 0.3 is 12.4 Å². The Bertz CT molecular complexity index is 1140. The van der Waals surface area contributed by atoms with Gasteiger partial charge in [-0.3, -0.25) is 4.79 Å². The normalized spacial score (nSPS) is 15.8. The average molecular weight is 522 g/mol. The van der Waals surface area contributed by atoms with Crippen LogP contribution >= 0.6 is 24.0 Å². The molecule has 0 aliphatic carbocycles. The molecule has 4 nitrogen and oxygen atoms in total. The predicted molar refractivity (Wildman–Crippen MR) is 121 cm³/mol. The van der Waals surface area contributed by atoms with E-state index in [1.165, 1.54) is 25.3 Å². The van der Waals surface area contributed by atoms with Crippen molar-refractivity contribution >= 4 is 40.3 Å². The fraction of sp³-hybridized carbons (Fsp3) is 0.273. The van der Waals surface area contributed by atoms with Gasteiger partial charge in [0.1, 0.15) is 4.32 Å². The maximum absolute atomic E-state index is 13.4. The van der Waals surface area contributed by atoms with Gasteiger partial charge in [0.15, 0.2) is 11.5 Å². The van der Waals surface area contributed by atoms with E-state index in [0.29, 0.717) is 12.1 Å². The van der Waals surface area contributed by atoms with Crippen LogP contribution in [-0.2, 0) is 17.1 Å². The molecule has 0 saturated carbocycles. The van der Waals surface area contributed by atoms with Gasteiger partial charge in [-0.2, -0.15) is 26.3 Å². The number of thiocarbonyl (C=S) groups is 1. The van der Waals surface area contributed by atoms with Crippen molar-refractivity contribution in [2.45, 2.75) is 32.3 Å². The van der Waals surface area contributed by atoms with Crippen LogP contribution in [0.25, 0.3) is 17.2 Å². The van der Waals surface area contributed by atoms with Crippen molar-refractivity contribution in [3.05, 3.63) is 51.9 Å².